The van der Waals surface area contributed by atoms with E-state index in [0.29, 0.717) is 18.2 Å². The molecule has 34 heavy (non-hydrogen) atoms. The van der Waals surface area contributed by atoms with E-state index in [4.69, 9.17) is 17.2 Å². The lowest BCUT2D eigenvalue weighted by atomic mass is 10.0. The average molecular weight is 495 g/mol. The molecular formula is C24H26F4N4OS. The number of thiocarbonyl (C=S) groups is 1. The van der Waals surface area contributed by atoms with Crippen molar-refractivity contribution in [3.8, 4) is 5.75 Å². The first kappa shape index (κ1) is 25.5. The molecule has 182 valence electrons. The maximum absolute atomic E-state index is 13.3. The van der Waals surface area contributed by atoms with E-state index >= 15 is 0 Å². The van der Waals surface area contributed by atoms with Gasteiger partial charge in [0.1, 0.15) is 5.75 Å². The summed E-state index contributed by atoms with van der Waals surface area (Å²) in [5.41, 5.74) is 2.42. The van der Waals surface area contributed by atoms with Gasteiger partial charge in [-0.15, -0.1) is 0 Å². The monoisotopic (exact) mass is 494 g/mol. The summed E-state index contributed by atoms with van der Waals surface area (Å²) in [6.07, 6.45) is -6.56. The molecule has 0 bridgehead atoms. The van der Waals surface area contributed by atoms with Crippen molar-refractivity contribution in [3.63, 3.8) is 0 Å². The molecule has 0 saturated heterocycles. The molecule has 1 aliphatic heterocycles. The zero-order valence-electron chi connectivity index (χ0n) is 18.9. The highest BCUT2D eigenvalue weighted by atomic mass is 32.1. The zero-order chi connectivity index (χ0) is 24.9. The van der Waals surface area contributed by atoms with Crippen molar-refractivity contribution < 1.29 is 22.3 Å². The van der Waals surface area contributed by atoms with E-state index < -0.39 is 18.3 Å². The first-order chi connectivity index (χ1) is 16.1. The summed E-state index contributed by atoms with van der Waals surface area (Å²) in [4.78, 5) is 6.58. The Morgan fingerprint density at radius 3 is 2.56 bits per heavy atom. The number of aliphatic imine (C=N–C) groups is 1. The molecule has 0 radical (unpaired) electrons. The second kappa shape index (κ2) is 10.9. The molecule has 2 aromatic carbocycles. The fourth-order valence-corrected chi connectivity index (χ4v) is 3.77. The van der Waals surface area contributed by atoms with Gasteiger partial charge in [-0.05, 0) is 50.7 Å². The summed E-state index contributed by atoms with van der Waals surface area (Å²) in [5, 5.41) is 6.57. The van der Waals surface area contributed by atoms with Gasteiger partial charge >= 0.3 is 12.5 Å². The van der Waals surface area contributed by atoms with Crippen LogP contribution in [-0.4, -0.2) is 41.1 Å². The number of anilines is 1. The van der Waals surface area contributed by atoms with Crippen LogP contribution in [0.1, 0.15) is 32.4 Å². The van der Waals surface area contributed by atoms with Crippen LogP contribution < -0.4 is 15.4 Å². The molecule has 0 saturated carbocycles. The maximum atomic E-state index is 13.3. The average Bonchev–Trinajstić information content (AvgIpc) is 3.14. The van der Waals surface area contributed by atoms with Crippen LogP contribution >= 0.6 is 12.2 Å². The minimum absolute atomic E-state index is 0.130. The number of nitrogens with zero attached hydrogens (tertiary/aromatic N) is 2. The van der Waals surface area contributed by atoms with Crippen molar-refractivity contribution in [2.24, 2.45) is 4.99 Å². The van der Waals surface area contributed by atoms with Crippen molar-refractivity contribution in [2.45, 2.75) is 45.4 Å². The van der Waals surface area contributed by atoms with Crippen molar-refractivity contribution in [1.82, 2.24) is 10.2 Å². The van der Waals surface area contributed by atoms with Crippen LogP contribution in [0.15, 0.2) is 71.2 Å². The van der Waals surface area contributed by atoms with Crippen molar-refractivity contribution >= 4 is 29.0 Å². The van der Waals surface area contributed by atoms with Crippen LogP contribution in [-0.2, 0) is 0 Å². The predicted octanol–water partition coefficient (Wildman–Crippen LogP) is 5.98. The molecule has 0 fully saturated rings. The molecule has 0 aromatic heterocycles. The number of hydrogen-bond donors (Lipinski definition) is 2. The Labute approximate surface area is 201 Å². The largest absolute Gasteiger partial charge is 0.461 e. The number of rotatable bonds is 7. The smallest absolute Gasteiger partial charge is 0.428 e. The van der Waals surface area contributed by atoms with Gasteiger partial charge in [0, 0.05) is 18.3 Å². The molecule has 2 aromatic rings. The Morgan fingerprint density at radius 2 is 1.91 bits per heavy atom. The summed E-state index contributed by atoms with van der Waals surface area (Å²) >= 11 is 5.68. The molecule has 2 N–H and O–H groups in total. The second-order valence-corrected chi connectivity index (χ2v) is 8.22. The number of allylic oxidation sites excluding steroid dienone is 1. The fourth-order valence-electron chi connectivity index (χ4n) is 3.45. The number of benzene rings is 2. The van der Waals surface area contributed by atoms with Crippen LogP contribution in [0.2, 0.25) is 0 Å². The lowest BCUT2D eigenvalue weighted by Crippen LogP contribution is -2.46. The highest BCUT2D eigenvalue weighted by molar-refractivity contribution is 7.80. The number of guanidine groups is 1. The molecule has 1 aliphatic rings. The fraction of sp³-hybridized carbons (Fsp3) is 0.333. The normalized spacial score (nSPS) is 18.6. The lowest BCUT2D eigenvalue weighted by molar-refractivity contribution is -0.253. The Kier molecular flexibility index (Phi) is 8.14. The molecular weight excluding hydrogens is 468 g/mol. The molecule has 2 atom stereocenters. The molecule has 0 aliphatic carbocycles. The number of alkyl halides is 4. The van der Waals surface area contributed by atoms with Crippen LogP contribution in [0.3, 0.4) is 0 Å². The zero-order valence-corrected chi connectivity index (χ0v) is 19.8. The number of ether oxygens (including phenoxy) is 1. The van der Waals surface area contributed by atoms with Crippen molar-refractivity contribution in [2.75, 3.05) is 11.9 Å². The van der Waals surface area contributed by atoms with Crippen LogP contribution in [0, 0.1) is 0 Å². The third-order valence-corrected chi connectivity index (χ3v) is 5.56. The summed E-state index contributed by atoms with van der Waals surface area (Å²) in [6.45, 7) is 6.47. The van der Waals surface area contributed by atoms with Crippen molar-refractivity contribution in [3.05, 3.63) is 71.8 Å². The summed E-state index contributed by atoms with van der Waals surface area (Å²) < 4.78 is 55.9. The van der Waals surface area contributed by atoms with E-state index in [0.717, 1.165) is 11.1 Å². The van der Waals surface area contributed by atoms with Crippen LogP contribution in [0.4, 0.5) is 23.2 Å². The van der Waals surface area contributed by atoms with Gasteiger partial charge in [0.05, 0.1) is 12.1 Å². The Hall–Kier alpha value is -3.14. The summed E-state index contributed by atoms with van der Waals surface area (Å²) in [5.74, 6) is 0.153. The minimum atomic E-state index is -4.60. The molecule has 3 rings (SSSR count). The lowest BCUT2D eigenvalue weighted by Gasteiger charge is -2.31. The minimum Gasteiger partial charge on any atom is -0.428 e. The standard InChI is InChI=1S/C24H26F4N4OS/c1-4-15(2)14-29-22-30-16(3)20(17-9-6-5-7-10-17)32(22)23(34)31-18-11-8-12-19(13-18)33-24(27,28)21(25)26/h4-13,16,20-21H,14H2,1-3H3,(H,29,30)(H,31,34). The highest BCUT2D eigenvalue weighted by Gasteiger charge is 2.44. The van der Waals surface area contributed by atoms with E-state index in [1.54, 1.807) is 6.07 Å². The Morgan fingerprint density at radius 1 is 1.21 bits per heavy atom. The second-order valence-electron chi connectivity index (χ2n) is 7.83. The molecule has 1 heterocycles. The van der Waals surface area contributed by atoms with Crippen LogP contribution in [0.5, 0.6) is 5.75 Å². The quantitative estimate of drug-likeness (QED) is 0.282. The van der Waals surface area contributed by atoms with Gasteiger partial charge in [-0.1, -0.05) is 48.0 Å². The van der Waals surface area contributed by atoms with E-state index in [1.165, 1.54) is 18.2 Å². The van der Waals surface area contributed by atoms with Crippen LogP contribution in [0.25, 0.3) is 0 Å². The van der Waals surface area contributed by atoms with E-state index in [9.17, 15) is 17.6 Å². The van der Waals surface area contributed by atoms with Gasteiger partial charge in [-0.3, -0.25) is 4.90 Å². The van der Waals surface area contributed by atoms with E-state index in [1.807, 2.05) is 62.1 Å². The predicted molar refractivity (Wildman–Crippen MR) is 130 cm³/mol. The summed E-state index contributed by atoms with van der Waals surface area (Å²) in [7, 11) is 0. The third-order valence-electron chi connectivity index (χ3n) is 5.26. The molecule has 0 spiro atoms. The highest BCUT2D eigenvalue weighted by Crippen LogP contribution is 2.33. The third kappa shape index (κ3) is 6.05. The first-order valence-electron chi connectivity index (χ1n) is 10.7. The van der Waals surface area contributed by atoms with Gasteiger partial charge in [0.15, 0.2) is 5.11 Å². The van der Waals surface area contributed by atoms with Gasteiger partial charge in [0.2, 0.25) is 5.96 Å². The number of hydrogen-bond acceptors (Lipinski definition) is 4. The molecule has 0 amide bonds. The SMILES string of the molecule is CC=C(C)CNC1=NC(C)C(c2ccccc2)N1C(=S)Nc1cccc(OC(F)(F)C(F)F)c1. The Balaban J connectivity index is 1.85. The van der Waals surface area contributed by atoms with Crippen molar-refractivity contribution in [1.29, 1.82) is 0 Å². The van der Waals surface area contributed by atoms with Gasteiger partial charge < -0.3 is 15.4 Å². The molecule has 5 nitrogen and oxygen atoms in total. The summed E-state index contributed by atoms with van der Waals surface area (Å²) in [6, 6.07) is 14.7. The van der Waals surface area contributed by atoms with E-state index in [2.05, 4.69) is 15.4 Å². The Bertz CT molecular complexity index is 1060. The maximum Gasteiger partial charge on any atom is 0.461 e. The van der Waals surface area contributed by atoms with Gasteiger partial charge in [0.25, 0.3) is 0 Å². The topological polar surface area (TPSA) is 48.9 Å². The first-order valence-corrected chi connectivity index (χ1v) is 11.1. The number of halogens is 4. The molecule has 2 unspecified atom stereocenters. The molecule has 10 heteroatoms. The van der Waals surface area contributed by atoms with Gasteiger partial charge in [-0.2, -0.15) is 17.6 Å². The van der Waals surface area contributed by atoms with E-state index in [-0.39, 0.29) is 17.2 Å². The van der Waals surface area contributed by atoms with Gasteiger partial charge in [-0.25, -0.2) is 4.99 Å². The number of nitrogens with one attached hydrogen (secondary N) is 2.